The van der Waals surface area contributed by atoms with Crippen LogP contribution < -0.4 is 0 Å². The highest BCUT2D eigenvalue weighted by atomic mass is 16.5. The van der Waals surface area contributed by atoms with Crippen molar-refractivity contribution in [1.82, 2.24) is 4.90 Å². The first-order chi connectivity index (χ1) is 15.1. The summed E-state index contributed by atoms with van der Waals surface area (Å²) in [5.74, 6) is -0.257. The quantitative estimate of drug-likeness (QED) is 0.575. The standard InChI is InChI=1S/C27H29NO3/c1-21(22-11-5-2-6-12-22)31-26(29)25(23-13-7-3-8-14-23)28-19-17-27(30,18-20-28)24-15-9-4-10-16-24/h2-16,21,25,30H,17-20H2,1H3. The van der Waals surface area contributed by atoms with Gasteiger partial charge in [0.05, 0.1) is 5.60 Å². The van der Waals surface area contributed by atoms with Gasteiger partial charge in [-0.2, -0.15) is 0 Å². The van der Waals surface area contributed by atoms with E-state index in [1.165, 1.54) is 0 Å². The third-order valence-corrected chi connectivity index (χ3v) is 6.20. The summed E-state index contributed by atoms with van der Waals surface area (Å²) >= 11 is 0. The van der Waals surface area contributed by atoms with Gasteiger partial charge in [0, 0.05) is 13.1 Å². The van der Waals surface area contributed by atoms with Gasteiger partial charge in [-0.05, 0) is 36.5 Å². The van der Waals surface area contributed by atoms with Gasteiger partial charge >= 0.3 is 5.97 Å². The first-order valence-corrected chi connectivity index (χ1v) is 10.9. The Morgan fingerprint density at radius 2 is 1.32 bits per heavy atom. The lowest BCUT2D eigenvalue weighted by molar-refractivity contribution is -0.157. The Hall–Kier alpha value is -2.95. The van der Waals surface area contributed by atoms with Crippen LogP contribution in [0.5, 0.6) is 0 Å². The molecule has 1 aliphatic heterocycles. The van der Waals surface area contributed by atoms with E-state index in [2.05, 4.69) is 4.90 Å². The van der Waals surface area contributed by atoms with E-state index in [-0.39, 0.29) is 12.1 Å². The molecule has 4 nitrogen and oxygen atoms in total. The highest BCUT2D eigenvalue weighted by Crippen LogP contribution is 2.36. The van der Waals surface area contributed by atoms with Crippen LogP contribution in [0, 0.1) is 0 Å². The van der Waals surface area contributed by atoms with E-state index in [1.54, 1.807) is 0 Å². The Balaban J connectivity index is 1.52. The van der Waals surface area contributed by atoms with Gasteiger partial charge in [-0.25, -0.2) is 4.79 Å². The number of nitrogens with zero attached hydrogens (tertiary/aromatic N) is 1. The molecule has 0 radical (unpaired) electrons. The van der Waals surface area contributed by atoms with Crippen LogP contribution in [0.3, 0.4) is 0 Å². The molecule has 4 rings (SSSR count). The Labute approximate surface area is 184 Å². The number of carbonyl (C=O) groups excluding carboxylic acids is 1. The van der Waals surface area contributed by atoms with Gasteiger partial charge < -0.3 is 9.84 Å². The Kier molecular flexibility index (Phi) is 6.50. The minimum absolute atomic E-state index is 0.257. The molecule has 2 atom stereocenters. The molecule has 4 heteroatoms. The summed E-state index contributed by atoms with van der Waals surface area (Å²) in [7, 11) is 0. The van der Waals surface area contributed by atoms with Crippen LogP contribution in [-0.2, 0) is 15.1 Å². The van der Waals surface area contributed by atoms with Gasteiger partial charge in [0.2, 0.25) is 0 Å². The van der Waals surface area contributed by atoms with Crippen LogP contribution in [0.25, 0.3) is 0 Å². The molecular formula is C27H29NO3. The van der Waals surface area contributed by atoms with E-state index < -0.39 is 11.6 Å². The maximum Gasteiger partial charge on any atom is 0.328 e. The number of esters is 1. The van der Waals surface area contributed by atoms with Gasteiger partial charge in [-0.15, -0.1) is 0 Å². The van der Waals surface area contributed by atoms with Crippen molar-refractivity contribution in [1.29, 1.82) is 0 Å². The van der Waals surface area contributed by atoms with Crippen LogP contribution in [-0.4, -0.2) is 29.1 Å². The monoisotopic (exact) mass is 415 g/mol. The molecule has 2 unspecified atom stereocenters. The number of hydrogen-bond acceptors (Lipinski definition) is 4. The molecule has 1 fully saturated rings. The molecule has 31 heavy (non-hydrogen) atoms. The fraction of sp³-hybridized carbons (Fsp3) is 0.296. The predicted molar refractivity (Wildman–Crippen MR) is 121 cm³/mol. The summed E-state index contributed by atoms with van der Waals surface area (Å²) in [6.45, 7) is 3.12. The van der Waals surface area contributed by atoms with E-state index in [1.807, 2.05) is 97.9 Å². The minimum atomic E-state index is -0.861. The molecule has 1 heterocycles. The number of piperidine rings is 1. The maximum atomic E-state index is 13.3. The van der Waals surface area contributed by atoms with Crippen LogP contribution in [0.1, 0.15) is 48.6 Å². The molecule has 0 bridgehead atoms. The fourth-order valence-electron chi connectivity index (χ4n) is 4.35. The topological polar surface area (TPSA) is 49.8 Å². The molecule has 0 saturated carbocycles. The third-order valence-electron chi connectivity index (χ3n) is 6.20. The van der Waals surface area contributed by atoms with Crippen molar-refractivity contribution in [3.63, 3.8) is 0 Å². The molecule has 0 amide bonds. The Bertz CT molecular complexity index is 967. The fourth-order valence-corrected chi connectivity index (χ4v) is 4.35. The number of ether oxygens (including phenoxy) is 1. The molecule has 0 aliphatic carbocycles. The van der Waals surface area contributed by atoms with Gasteiger partial charge in [0.25, 0.3) is 0 Å². The predicted octanol–water partition coefficient (Wildman–Crippen LogP) is 5.02. The zero-order valence-electron chi connectivity index (χ0n) is 17.9. The molecule has 160 valence electrons. The summed E-state index contributed by atoms with van der Waals surface area (Å²) in [5, 5.41) is 11.2. The number of likely N-dealkylation sites (tertiary alicyclic amines) is 1. The van der Waals surface area contributed by atoms with Gasteiger partial charge in [-0.1, -0.05) is 91.0 Å². The highest BCUT2D eigenvalue weighted by molar-refractivity contribution is 5.78. The van der Waals surface area contributed by atoms with Gasteiger partial charge in [0.15, 0.2) is 0 Å². The summed E-state index contributed by atoms with van der Waals surface area (Å²) in [4.78, 5) is 15.5. The highest BCUT2D eigenvalue weighted by Gasteiger charge is 2.39. The summed E-state index contributed by atoms with van der Waals surface area (Å²) in [6.07, 6.45) is 0.815. The molecule has 0 aromatic heterocycles. The average molecular weight is 416 g/mol. The second-order valence-electron chi connectivity index (χ2n) is 8.24. The van der Waals surface area contributed by atoms with E-state index in [0.717, 1.165) is 16.7 Å². The van der Waals surface area contributed by atoms with E-state index >= 15 is 0 Å². The van der Waals surface area contributed by atoms with Crippen molar-refractivity contribution < 1.29 is 14.6 Å². The van der Waals surface area contributed by atoms with Crippen molar-refractivity contribution in [2.24, 2.45) is 0 Å². The van der Waals surface area contributed by atoms with Crippen LogP contribution >= 0.6 is 0 Å². The molecule has 3 aromatic carbocycles. The lowest BCUT2D eigenvalue weighted by atomic mass is 9.83. The molecular weight excluding hydrogens is 386 g/mol. The van der Waals surface area contributed by atoms with E-state index in [0.29, 0.717) is 25.9 Å². The van der Waals surface area contributed by atoms with Crippen LogP contribution in [0.4, 0.5) is 0 Å². The van der Waals surface area contributed by atoms with E-state index in [4.69, 9.17) is 4.74 Å². The first kappa shape index (κ1) is 21.3. The molecule has 0 spiro atoms. The van der Waals surface area contributed by atoms with Crippen molar-refractivity contribution in [2.45, 2.75) is 37.5 Å². The minimum Gasteiger partial charge on any atom is -0.456 e. The van der Waals surface area contributed by atoms with Crippen LogP contribution in [0.2, 0.25) is 0 Å². The van der Waals surface area contributed by atoms with E-state index in [9.17, 15) is 9.90 Å². The summed E-state index contributed by atoms with van der Waals surface area (Å²) < 4.78 is 5.90. The first-order valence-electron chi connectivity index (χ1n) is 10.9. The van der Waals surface area contributed by atoms with Crippen molar-refractivity contribution in [3.8, 4) is 0 Å². The second-order valence-corrected chi connectivity index (χ2v) is 8.24. The van der Waals surface area contributed by atoms with Gasteiger partial charge in [-0.3, -0.25) is 4.90 Å². The zero-order valence-corrected chi connectivity index (χ0v) is 17.9. The third kappa shape index (κ3) is 4.87. The summed E-state index contributed by atoms with van der Waals surface area (Å²) in [6, 6.07) is 28.9. The Morgan fingerprint density at radius 1 is 0.839 bits per heavy atom. The lowest BCUT2D eigenvalue weighted by Gasteiger charge is -2.41. The number of rotatable bonds is 6. The number of aliphatic hydroxyl groups is 1. The number of carbonyl (C=O) groups is 1. The van der Waals surface area contributed by atoms with Crippen LogP contribution in [0.15, 0.2) is 91.0 Å². The molecule has 1 N–H and O–H groups in total. The number of benzene rings is 3. The molecule has 3 aromatic rings. The van der Waals surface area contributed by atoms with Crippen molar-refractivity contribution in [3.05, 3.63) is 108 Å². The lowest BCUT2D eigenvalue weighted by Crippen LogP contribution is -2.46. The zero-order chi connectivity index (χ0) is 21.7. The SMILES string of the molecule is CC(OC(=O)C(c1ccccc1)N1CCC(O)(c2ccccc2)CC1)c1ccccc1. The Morgan fingerprint density at radius 3 is 1.87 bits per heavy atom. The van der Waals surface area contributed by atoms with Crippen molar-refractivity contribution in [2.75, 3.05) is 13.1 Å². The normalized spacial score (nSPS) is 18.1. The summed E-state index contributed by atoms with van der Waals surface area (Å²) in [5.41, 5.74) is 1.96. The smallest absolute Gasteiger partial charge is 0.328 e. The number of hydrogen-bond donors (Lipinski definition) is 1. The average Bonchev–Trinajstić information content (AvgIpc) is 2.82. The van der Waals surface area contributed by atoms with Crippen molar-refractivity contribution >= 4 is 5.97 Å². The van der Waals surface area contributed by atoms with Gasteiger partial charge in [0.1, 0.15) is 12.1 Å². The molecule has 1 aliphatic rings. The molecule has 1 saturated heterocycles. The largest absolute Gasteiger partial charge is 0.456 e. The maximum absolute atomic E-state index is 13.3. The second kappa shape index (κ2) is 9.46.